The molecule has 2 saturated heterocycles. The predicted octanol–water partition coefficient (Wildman–Crippen LogP) is 5.01. The highest BCUT2D eigenvalue weighted by Crippen LogP contribution is 2.48. The number of nitrogens with one attached hydrogen (secondary N) is 4. The van der Waals surface area contributed by atoms with Crippen LogP contribution in [0.25, 0.3) is 0 Å². The molecule has 0 aromatic heterocycles. The number of carbonyl (C=O) groups is 9. The van der Waals surface area contributed by atoms with Gasteiger partial charge in [0.05, 0.1) is 201 Å². The van der Waals surface area contributed by atoms with Crippen LogP contribution in [0.3, 0.4) is 0 Å². The number of nitrogens with zero attached hydrogens (tertiary/aromatic N) is 4. The summed E-state index contributed by atoms with van der Waals surface area (Å²) in [4.78, 5) is 129. The average Bonchev–Trinajstić information content (AvgIpc) is 1.59. The summed E-state index contributed by atoms with van der Waals surface area (Å²) < 4.78 is 78.7. The second-order valence-corrected chi connectivity index (χ2v) is 30.0. The molecule has 115 heavy (non-hydrogen) atoms. The molecule has 648 valence electrons. The van der Waals surface area contributed by atoms with E-state index >= 15 is 4.79 Å². The lowest BCUT2D eigenvalue weighted by Crippen LogP contribution is -2.61. The van der Waals surface area contributed by atoms with E-state index in [4.69, 9.17) is 66.3 Å². The molecule has 31 heteroatoms. The van der Waals surface area contributed by atoms with Crippen LogP contribution >= 0.6 is 0 Å². The quantitative estimate of drug-likeness (QED) is 0.0384. The number of likely N-dealkylation sites (tertiary alicyclic amines) is 2. The average molecular weight is 1620 g/mol. The van der Waals surface area contributed by atoms with Crippen LogP contribution in [0.5, 0.6) is 0 Å². The topological polar surface area (TPSA) is 344 Å². The SMILES string of the molecule is CC[C@H](C)[C@@H]([C@@H](CC(=O)N1CCC[C@H]1[C@H](OC)[C@@H](C)C(=O)N[C@@H](Cc1ccccc1)C(=O)Nc1ccc(CNC(=O)CCCCCN2C(=O)C=CC2=O)cc1)OC)N(C)C(=O)[C@@H](NC(=O)[C@@H]1[C@H]2CC[C@@H]([C@H]2C)N1C(C=O)COCCOCCOCCOCCOCCOCCOCCOCCOCCOCCOCCOC)C(C)C. The first-order valence-corrected chi connectivity index (χ1v) is 41.3. The van der Waals surface area contributed by atoms with Crippen LogP contribution in [0, 0.1) is 29.6 Å². The number of likely N-dealkylation sites (N-methyl/N-ethyl adjacent to an activating group) is 1. The fourth-order valence-corrected chi connectivity index (χ4v) is 15.2. The molecule has 1 aliphatic carbocycles. The Morgan fingerprint density at radius 2 is 1.14 bits per heavy atom. The van der Waals surface area contributed by atoms with Crippen LogP contribution in [-0.4, -0.2) is 321 Å². The number of hydrogen-bond donors (Lipinski definition) is 4. The molecule has 3 heterocycles. The highest BCUT2D eigenvalue weighted by atomic mass is 16.6. The number of hydrogen-bond acceptors (Lipinski definition) is 24. The van der Waals surface area contributed by atoms with Gasteiger partial charge in [0.2, 0.25) is 35.4 Å². The van der Waals surface area contributed by atoms with Gasteiger partial charge in [-0.15, -0.1) is 0 Å². The summed E-state index contributed by atoms with van der Waals surface area (Å²) in [6.07, 6.45) is 7.52. The number of amides is 8. The van der Waals surface area contributed by atoms with Crippen LogP contribution in [-0.2, 0) is 122 Å². The van der Waals surface area contributed by atoms with Gasteiger partial charge in [-0.2, -0.15) is 0 Å². The van der Waals surface area contributed by atoms with E-state index in [1.165, 1.54) is 31.3 Å². The van der Waals surface area contributed by atoms with Crippen LogP contribution in [0.2, 0.25) is 0 Å². The Bertz CT molecular complexity index is 3160. The molecule has 1 saturated carbocycles. The molecule has 6 rings (SSSR count). The first-order valence-electron chi connectivity index (χ1n) is 41.3. The summed E-state index contributed by atoms with van der Waals surface area (Å²) in [5.41, 5.74) is 2.11. The van der Waals surface area contributed by atoms with Crippen molar-refractivity contribution in [2.75, 3.05) is 199 Å². The summed E-state index contributed by atoms with van der Waals surface area (Å²) in [7, 11) is 6.37. The Hall–Kier alpha value is -6.79. The Morgan fingerprint density at radius 1 is 0.609 bits per heavy atom. The minimum atomic E-state index is -1.01. The molecule has 2 bridgehead atoms. The van der Waals surface area contributed by atoms with E-state index in [2.05, 4.69) is 28.2 Å². The molecular weight excluding hydrogens is 1490 g/mol. The number of unbranched alkanes of at least 4 members (excludes halogenated alkanes) is 2. The van der Waals surface area contributed by atoms with Crippen molar-refractivity contribution in [3.05, 3.63) is 77.9 Å². The largest absolute Gasteiger partial charge is 0.382 e. The minimum absolute atomic E-state index is 0.0360. The first-order chi connectivity index (χ1) is 55.8. The second kappa shape index (κ2) is 55.8. The van der Waals surface area contributed by atoms with Crippen molar-refractivity contribution in [3.8, 4) is 0 Å². The number of ether oxygens (including phenoxy) is 14. The molecule has 2 aromatic rings. The first kappa shape index (κ1) is 97.0. The summed E-state index contributed by atoms with van der Waals surface area (Å²) in [5, 5.41) is 12.0. The Balaban J connectivity index is 0.889. The van der Waals surface area contributed by atoms with Crippen LogP contribution in [0.15, 0.2) is 66.7 Å². The van der Waals surface area contributed by atoms with E-state index in [1.807, 2.05) is 62.9 Å². The molecule has 13 atom stereocenters. The van der Waals surface area contributed by atoms with Gasteiger partial charge in [0.1, 0.15) is 18.4 Å². The van der Waals surface area contributed by atoms with E-state index in [1.54, 1.807) is 55.1 Å². The monoisotopic (exact) mass is 1620 g/mol. The van der Waals surface area contributed by atoms with Gasteiger partial charge < -0.3 is 102 Å². The maximum Gasteiger partial charge on any atom is 0.253 e. The zero-order chi connectivity index (χ0) is 83.1. The molecule has 1 unspecified atom stereocenters. The highest BCUT2D eigenvalue weighted by molar-refractivity contribution is 6.12. The summed E-state index contributed by atoms with van der Waals surface area (Å²) in [6, 6.07) is 11.9. The normalized spacial score (nSPS) is 19.5. The van der Waals surface area contributed by atoms with Gasteiger partial charge in [0.25, 0.3) is 11.8 Å². The third-order valence-corrected chi connectivity index (χ3v) is 21.7. The van der Waals surface area contributed by atoms with E-state index in [9.17, 15) is 38.4 Å². The van der Waals surface area contributed by atoms with Crippen molar-refractivity contribution in [3.63, 3.8) is 0 Å². The van der Waals surface area contributed by atoms with Gasteiger partial charge in [-0.1, -0.05) is 96.8 Å². The van der Waals surface area contributed by atoms with Crippen LogP contribution < -0.4 is 21.3 Å². The number of carbonyl (C=O) groups excluding carboxylic acids is 9. The van der Waals surface area contributed by atoms with Gasteiger partial charge in [-0.05, 0) is 85.5 Å². The third kappa shape index (κ3) is 33.5. The molecule has 4 aliphatic rings. The number of rotatable bonds is 65. The summed E-state index contributed by atoms with van der Waals surface area (Å²) >= 11 is 0. The van der Waals surface area contributed by atoms with E-state index in [-0.39, 0.29) is 111 Å². The molecule has 4 N–H and O–H groups in total. The lowest BCUT2D eigenvalue weighted by molar-refractivity contribution is -0.148. The van der Waals surface area contributed by atoms with Crippen molar-refractivity contribution >= 4 is 59.2 Å². The third-order valence-electron chi connectivity index (χ3n) is 21.7. The van der Waals surface area contributed by atoms with Crippen molar-refractivity contribution in [2.45, 2.75) is 173 Å². The van der Waals surface area contributed by atoms with Crippen LogP contribution in [0.4, 0.5) is 5.69 Å². The molecule has 3 aliphatic heterocycles. The predicted molar refractivity (Wildman–Crippen MR) is 428 cm³/mol. The Labute approximate surface area is 680 Å². The fraction of sp³-hybridized carbons (Fsp3) is 0.726. The molecule has 31 nitrogen and oxygen atoms in total. The molecule has 3 fully saturated rings. The zero-order valence-corrected chi connectivity index (χ0v) is 69.9. The second-order valence-electron chi connectivity index (χ2n) is 30.0. The molecule has 0 radical (unpaired) electrons. The molecule has 2 aromatic carbocycles. The lowest BCUT2D eigenvalue weighted by atomic mass is 9.89. The van der Waals surface area contributed by atoms with E-state index in [0.29, 0.717) is 189 Å². The van der Waals surface area contributed by atoms with E-state index < -0.39 is 66.2 Å². The van der Waals surface area contributed by atoms with Crippen molar-refractivity contribution in [1.82, 2.24) is 35.6 Å². The molecule has 8 amide bonds. The summed E-state index contributed by atoms with van der Waals surface area (Å²) in [5.74, 6) is -3.84. The summed E-state index contributed by atoms with van der Waals surface area (Å²) in [6.45, 7) is 22.3. The van der Waals surface area contributed by atoms with Crippen molar-refractivity contribution in [2.24, 2.45) is 29.6 Å². The van der Waals surface area contributed by atoms with Gasteiger partial charge in [-0.25, -0.2) is 0 Å². The van der Waals surface area contributed by atoms with Crippen LogP contribution in [0.1, 0.15) is 117 Å². The number of benzene rings is 2. The van der Waals surface area contributed by atoms with Gasteiger partial charge in [0, 0.05) is 84.7 Å². The Morgan fingerprint density at radius 3 is 1.63 bits per heavy atom. The highest BCUT2D eigenvalue weighted by Gasteiger charge is 2.56. The van der Waals surface area contributed by atoms with Crippen molar-refractivity contribution in [1.29, 1.82) is 0 Å². The van der Waals surface area contributed by atoms with Gasteiger partial charge in [0.15, 0.2) is 0 Å². The lowest BCUT2D eigenvalue weighted by Gasteiger charge is -2.41. The Kier molecular flexibility index (Phi) is 47.1. The van der Waals surface area contributed by atoms with Gasteiger partial charge >= 0.3 is 0 Å². The van der Waals surface area contributed by atoms with E-state index in [0.717, 1.165) is 30.3 Å². The standard InChI is InChI=1S/C84H134N8O23/c1-11-61(4)78(72(103-9)56-76(97)90-32-18-21-71(90)80(104-10)63(6)81(98)87-69(55-64-19-14-12-15-20-64)82(99)86-66-25-23-65(24-26-66)57-85-73(94)22-16-13-17-31-91-74(95)29-30-75(91)96)89(7)84(101)77(60(2)3)88-83(100)79-68-27-28-70(62(68)5)92(79)67(58-93)59-115-54-53-114-52-51-113-50-49-112-48-47-111-46-45-110-44-43-109-42-41-108-40-39-107-38-37-106-36-35-105-34-33-102-8/h12,14-15,19-20,23-26,29-30,58,60-63,67-72,77-80H,11,13,16-18,21-22,27-28,31-57,59H2,1-10H3,(H,85,94)(H,86,99)(H,87,98)(H,88,100)/t61-,62-,63+,67?,68-,69-,70-,71-,72+,77-,78-,79-,80+/m0/s1. The molecule has 0 spiro atoms. The number of aldehydes is 1. The fourth-order valence-electron chi connectivity index (χ4n) is 15.2. The maximum atomic E-state index is 15.1. The minimum Gasteiger partial charge on any atom is -0.382 e. The number of methoxy groups -OCH3 is 3. The number of imide groups is 1. The van der Waals surface area contributed by atoms with Gasteiger partial charge in [-0.3, -0.25) is 48.2 Å². The van der Waals surface area contributed by atoms with Crippen molar-refractivity contribution < 1.29 is 109 Å². The number of fused-ring (bicyclic) bond motifs is 2. The maximum absolute atomic E-state index is 15.1. The smallest absolute Gasteiger partial charge is 0.253 e. The number of piperidine rings is 1. The zero-order valence-electron chi connectivity index (χ0n) is 69.9. The number of anilines is 1. The molecular formula is C84H134N8O23.